The van der Waals surface area contributed by atoms with Crippen LogP contribution in [0.3, 0.4) is 0 Å². The summed E-state index contributed by atoms with van der Waals surface area (Å²) in [6.45, 7) is 6.36. The molecule has 0 aromatic carbocycles. The minimum atomic E-state index is 0.444. The Balaban J connectivity index is 2.47. The zero-order chi connectivity index (χ0) is 10.6. The molecule has 2 atom stereocenters. The standard InChI is InChI=1S/C11H17BrN2/c1-8-4-5-11(13-7-8)14-10(3)6-9(2)12/h4-5,7,9-10H,6H2,1-3H3,(H,13,14). The van der Waals surface area contributed by atoms with Gasteiger partial charge in [-0.1, -0.05) is 28.9 Å². The molecule has 1 rings (SSSR count). The topological polar surface area (TPSA) is 24.9 Å². The van der Waals surface area contributed by atoms with Crippen molar-refractivity contribution in [2.24, 2.45) is 0 Å². The highest BCUT2D eigenvalue weighted by atomic mass is 79.9. The zero-order valence-electron chi connectivity index (χ0n) is 8.92. The van der Waals surface area contributed by atoms with Crippen molar-refractivity contribution < 1.29 is 0 Å². The maximum Gasteiger partial charge on any atom is 0.126 e. The number of nitrogens with one attached hydrogen (secondary N) is 1. The van der Waals surface area contributed by atoms with Crippen molar-refractivity contribution in [2.45, 2.75) is 38.1 Å². The molecule has 0 radical (unpaired) electrons. The monoisotopic (exact) mass is 256 g/mol. The summed E-state index contributed by atoms with van der Waals surface area (Å²) in [4.78, 5) is 4.84. The van der Waals surface area contributed by atoms with Gasteiger partial charge in [-0.25, -0.2) is 4.98 Å². The molecule has 2 nitrogen and oxygen atoms in total. The van der Waals surface area contributed by atoms with E-state index in [9.17, 15) is 0 Å². The normalized spacial score (nSPS) is 14.9. The van der Waals surface area contributed by atoms with Crippen molar-refractivity contribution in [2.75, 3.05) is 5.32 Å². The highest BCUT2D eigenvalue weighted by molar-refractivity contribution is 9.09. The molecule has 0 amide bonds. The van der Waals surface area contributed by atoms with Gasteiger partial charge in [-0.05, 0) is 31.9 Å². The molecule has 1 aromatic heterocycles. The number of pyridine rings is 1. The Labute approximate surface area is 94.3 Å². The number of halogens is 1. The maximum atomic E-state index is 4.30. The van der Waals surface area contributed by atoms with Crippen LogP contribution in [-0.2, 0) is 0 Å². The Kier molecular flexibility index (Phi) is 4.39. The number of nitrogens with zero attached hydrogens (tertiary/aromatic N) is 1. The quantitative estimate of drug-likeness (QED) is 0.836. The van der Waals surface area contributed by atoms with Crippen LogP contribution in [0.4, 0.5) is 5.82 Å². The van der Waals surface area contributed by atoms with Crippen molar-refractivity contribution in [1.82, 2.24) is 4.98 Å². The molecule has 0 bridgehead atoms. The van der Waals surface area contributed by atoms with Crippen LogP contribution in [0, 0.1) is 6.92 Å². The number of aromatic nitrogens is 1. The molecule has 0 fully saturated rings. The van der Waals surface area contributed by atoms with Crippen LogP contribution < -0.4 is 5.32 Å². The van der Waals surface area contributed by atoms with E-state index in [1.54, 1.807) is 0 Å². The molecule has 0 saturated heterocycles. The minimum absolute atomic E-state index is 0.444. The molecular weight excluding hydrogens is 240 g/mol. The first-order valence-corrected chi connectivity index (χ1v) is 5.82. The molecule has 0 saturated carbocycles. The molecule has 0 aliphatic carbocycles. The SMILES string of the molecule is Cc1ccc(NC(C)CC(C)Br)nc1. The third-order valence-electron chi connectivity index (χ3n) is 1.98. The molecule has 1 N–H and O–H groups in total. The predicted molar refractivity (Wildman–Crippen MR) is 65.1 cm³/mol. The van der Waals surface area contributed by atoms with Gasteiger partial charge in [0, 0.05) is 17.1 Å². The second kappa shape index (κ2) is 5.35. The minimum Gasteiger partial charge on any atom is -0.368 e. The first-order valence-electron chi connectivity index (χ1n) is 4.91. The van der Waals surface area contributed by atoms with Gasteiger partial charge < -0.3 is 5.32 Å². The summed E-state index contributed by atoms with van der Waals surface area (Å²) in [5.74, 6) is 0.955. The van der Waals surface area contributed by atoms with Gasteiger partial charge in [-0.15, -0.1) is 0 Å². The first kappa shape index (κ1) is 11.5. The van der Waals surface area contributed by atoms with Gasteiger partial charge in [0.1, 0.15) is 5.82 Å². The van der Waals surface area contributed by atoms with E-state index in [0.717, 1.165) is 12.2 Å². The maximum absolute atomic E-state index is 4.30. The van der Waals surface area contributed by atoms with Crippen molar-refractivity contribution in [3.63, 3.8) is 0 Å². The largest absolute Gasteiger partial charge is 0.368 e. The van der Waals surface area contributed by atoms with E-state index in [-0.39, 0.29) is 0 Å². The van der Waals surface area contributed by atoms with Crippen molar-refractivity contribution in [1.29, 1.82) is 0 Å². The van der Waals surface area contributed by atoms with E-state index >= 15 is 0 Å². The summed E-state index contributed by atoms with van der Waals surface area (Å²) >= 11 is 3.54. The number of rotatable bonds is 4. The summed E-state index contributed by atoms with van der Waals surface area (Å²) in [6, 6.07) is 4.53. The fraction of sp³-hybridized carbons (Fsp3) is 0.545. The molecule has 0 aliphatic heterocycles. The second-order valence-electron chi connectivity index (χ2n) is 3.78. The molecule has 3 heteroatoms. The molecule has 14 heavy (non-hydrogen) atoms. The summed E-state index contributed by atoms with van der Waals surface area (Å²) in [6.07, 6.45) is 2.97. The van der Waals surface area contributed by atoms with E-state index in [2.05, 4.69) is 46.1 Å². The van der Waals surface area contributed by atoms with Gasteiger partial charge in [0.15, 0.2) is 0 Å². The zero-order valence-corrected chi connectivity index (χ0v) is 10.5. The Morgan fingerprint density at radius 1 is 1.43 bits per heavy atom. The first-order chi connectivity index (χ1) is 6.58. The number of alkyl halides is 1. The third-order valence-corrected chi connectivity index (χ3v) is 2.36. The summed E-state index contributed by atoms with van der Waals surface area (Å²) < 4.78 is 0. The molecule has 0 aliphatic rings. The average Bonchev–Trinajstić information content (AvgIpc) is 2.07. The number of aryl methyl sites for hydroxylation is 1. The highest BCUT2D eigenvalue weighted by Crippen LogP contribution is 2.11. The molecule has 1 aromatic rings. The lowest BCUT2D eigenvalue weighted by Crippen LogP contribution is -2.18. The van der Waals surface area contributed by atoms with Crippen LogP contribution in [0.25, 0.3) is 0 Å². The van der Waals surface area contributed by atoms with E-state index in [0.29, 0.717) is 10.9 Å². The second-order valence-corrected chi connectivity index (χ2v) is 5.35. The van der Waals surface area contributed by atoms with Crippen LogP contribution >= 0.6 is 15.9 Å². The number of hydrogen-bond acceptors (Lipinski definition) is 2. The smallest absolute Gasteiger partial charge is 0.126 e. The van der Waals surface area contributed by atoms with Gasteiger partial charge in [-0.2, -0.15) is 0 Å². The van der Waals surface area contributed by atoms with Gasteiger partial charge in [0.05, 0.1) is 0 Å². The fourth-order valence-corrected chi connectivity index (χ4v) is 1.91. The Bertz CT molecular complexity index is 269. The van der Waals surface area contributed by atoms with Gasteiger partial charge >= 0.3 is 0 Å². The predicted octanol–water partition coefficient (Wildman–Crippen LogP) is 3.36. The lowest BCUT2D eigenvalue weighted by molar-refractivity contribution is 0.705. The third kappa shape index (κ3) is 4.09. The average molecular weight is 257 g/mol. The highest BCUT2D eigenvalue weighted by Gasteiger charge is 2.05. The lowest BCUT2D eigenvalue weighted by atomic mass is 10.2. The molecule has 1 heterocycles. The molecule has 0 spiro atoms. The Morgan fingerprint density at radius 3 is 2.64 bits per heavy atom. The van der Waals surface area contributed by atoms with Crippen LogP contribution in [0.2, 0.25) is 0 Å². The van der Waals surface area contributed by atoms with Crippen LogP contribution in [0.1, 0.15) is 25.8 Å². The lowest BCUT2D eigenvalue weighted by Gasteiger charge is -2.15. The Hall–Kier alpha value is -0.570. The summed E-state index contributed by atoms with van der Waals surface area (Å²) in [5, 5.41) is 3.36. The van der Waals surface area contributed by atoms with E-state index < -0.39 is 0 Å². The van der Waals surface area contributed by atoms with E-state index in [1.807, 2.05) is 19.2 Å². The van der Waals surface area contributed by atoms with E-state index in [4.69, 9.17) is 0 Å². The number of anilines is 1. The van der Waals surface area contributed by atoms with Crippen molar-refractivity contribution in [3.8, 4) is 0 Å². The molecule has 2 unspecified atom stereocenters. The van der Waals surface area contributed by atoms with Gasteiger partial charge in [0.25, 0.3) is 0 Å². The molecule has 78 valence electrons. The fourth-order valence-electron chi connectivity index (χ4n) is 1.35. The summed E-state index contributed by atoms with van der Waals surface area (Å²) in [5.41, 5.74) is 1.19. The molecular formula is C11H17BrN2. The Morgan fingerprint density at radius 2 is 2.14 bits per heavy atom. The van der Waals surface area contributed by atoms with Gasteiger partial charge in [-0.3, -0.25) is 0 Å². The van der Waals surface area contributed by atoms with Crippen molar-refractivity contribution in [3.05, 3.63) is 23.9 Å². The summed E-state index contributed by atoms with van der Waals surface area (Å²) in [7, 11) is 0. The van der Waals surface area contributed by atoms with Crippen LogP contribution in [0.15, 0.2) is 18.3 Å². The van der Waals surface area contributed by atoms with Gasteiger partial charge in [0.2, 0.25) is 0 Å². The van der Waals surface area contributed by atoms with Crippen LogP contribution in [-0.4, -0.2) is 15.9 Å². The van der Waals surface area contributed by atoms with E-state index in [1.165, 1.54) is 5.56 Å². The van der Waals surface area contributed by atoms with Crippen LogP contribution in [0.5, 0.6) is 0 Å². The van der Waals surface area contributed by atoms with Crippen molar-refractivity contribution >= 4 is 21.7 Å². The number of hydrogen-bond donors (Lipinski definition) is 1.